The fraction of sp³-hybridized carbons (Fsp3) is 0.600. The van der Waals surface area contributed by atoms with Crippen molar-refractivity contribution in [1.82, 2.24) is 20.6 Å². The number of carbonyl (C=O) groups excluding carboxylic acids is 2. The second-order valence-electron chi connectivity index (χ2n) is 7.54. The Hall–Kier alpha value is -2.06. The average molecular weight is 427 g/mol. The summed E-state index contributed by atoms with van der Waals surface area (Å²) in [5, 5.41) is 3.26. The highest BCUT2D eigenvalue weighted by atomic mass is 35.5. The molecule has 2 aliphatic rings. The Kier molecular flexibility index (Phi) is 7.18. The van der Waals surface area contributed by atoms with Gasteiger partial charge in [0.2, 0.25) is 0 Å². The molecule has 0 radical (unpaired) electrons. The van der Waals surface area contributed by atoms with Gasteiger partial charge in [0.1, 0.15) is 5.82 Å². The van der Waals surface area contributed by atoms with Crippen LogP contribution in [0.3, 0.4) is 0 Å². The Morgan fingerprint density at radius 3 is 2.69 bits per heavy atom. The molecule has 1 saturated heterocycles. The number of nitrogens with zero attached hydrogens (tertiary/aromatic N) is 2. The molecule has 4 amide bonds. The van der Waals surface area contributed by atoms with Crippen molar-refractivity contribution >= 4 is 23.7 Å². The highest BCUT2D eigenvalue weighted by Crippen LogP contribution is 2.31. The zero-order valence-electron chi connectivity index (χ0n) is 16.8. The van der Waals surface area contributed by atoms with E-state index in [1.807, 2.05) is 11.8 Å². The number of urea groups is 2. The first kappa shape index (κ1) is 21.6. The number of aryl methyl sites for hydroxylation is 1. The largest absolute Gasteiger partial charge is 0.341 e. The molecule has 2 fully saturated rings. The van der Waals surface area contributed by atoms with Crippen LogP contribution in [0.4, 0.5) is 14.0 Å². The highest BCUT2D eigenvalue weighted by Gasteiger charge is 2.39. The van der Waals surface area contributed by atoms with Crippen LogP contribution in [0, 0.1) is 5.82 Å². The molecule has 1 heterocycles. The Balaban J connectivity index is 1.65. The molecule has 1 saturated carbocycles. The molecule has 0 bridgehead atoms. The molecule has 1 aliphatic carbocycles. The summed E-state index contributed by atoms with van der Waals surface area (Å²) < 4.78 is 14.2. The lowest BCUT2D eigenvalue weighted by Gasteiger charge is -2.39. The number of likely N-dealkylation sites (tertiary alicyclic amines) is 1. The van der Waals surface area contributed by atoms with E-state index in [1.165, 1.54) is 13.2 Å². The van der Waals surface area contributed by atoms with Crippen molar-refractivity contribution in [3.63, 3.8) is 0 Å². The standard InChI is InChI=1S/C20H28ClFN4O3/c1-3-13-9-14(18(22)10-17(13)21)11-23-19(27)26(15-6-7-15)16-5-4-8-25(12-16)20(28)24-29-2/h9-10,15-16H,3-8,11-12H2,1-2H3,(H,23,27)(H,24,28)/t16-/m1/s1. The van der Waals surface area contributed by atoms with Gasteiger partial charge >= 0.3 is 12.1 Å². The summed E-state index contributed by atoms with van der Waals surface area (Å²) in [6.07, 6.45) is 4.22. The minimum atomic E-state index is -0.425. The van der Waals surface area contributed by atoms with Crippen molar-refractivity contribution in [2.24, 2.45) is 0 Å². The summed E-state index contributed by atoms with van der Waals surface area (Å²) in [4.78, 5) is 33.2. The van der Waals surface area contributed by atoms with Gasteiger partial charge in [0.15, 0.2) is 0 Å². The third kappa shape index (κ3) is 5.30. The summed E-state index contributed by atoms with van der Waals surface area (Å²) in [7, 11) is 1.39. The predicted octanol–water partition coefficient (Wildman–Crippen LogP) is 3.45. The monoisotopic (exact) mass is 426 g/mol. The normalized spacial score (nSPS) is 19.0. The van der Waals surface area contributed by atoms with Crippen LogP contribution in [0.15, 0.2) is 12.1 Å². The maximum Gasteiger partial charge on any atom is 0.341 e. The molecule has 29 heavy (non-hydrogen) atoms. The van der Waals surface area contributed by atoms with Crippen molar-refractivity contribution in [3.8, 4) is 0 Å². The summed E-state index contributed by atoms with van der Waals surface area (Å²) in [5.74, 6) is -0.425. The molecular weight excluding hydrogens is 399 g/mol. The van der Waals surface area contributed by atoms with E-state index in [0.717, 1.165) is 31.2 Å². The summed E-state index contributed by atoms with van der Waals surface area (Å²) in [6.45, 7) is 3.12. The smallest absolute Gasteiger partial charge is 0.334 e. The Bertz CT molecular complexity index is 759. The number of hydrogen-bond donors (Lipinski definition) is 2. The fourth-order valence-electron chi connectivity index (χ4n) is 3.81. The molecule has 0 unspecified atom stereocenters. The number of halogens is 2. The zero-order chi connectivity index (χ0) is 21.0. The number of hydroxylamine groups is 1. The van der Waals surface area contributed by atoms with Crippen molar-refractivity contribution in [2.75, 3.05) is 20.2 Å². The molecule has 1 aromatic carbocycles. The summed E-state index contributed by atoms with van der Waals surface area (Å²) in [5.41, 5.74) is 3.60. The van der Waals surface area contributed by atoms with E-state index >= 15 is 0 Å². The van der Waals surface area contributed by atoms with Gasteiger partial charge in [0.25, 0.3) is 0 Å². The van der Waals surface area contributed by atoms with Crippen LogP contribution in [-0.4, -0.2) is 54.1 Å². The van der Waals surface area contributed by atoms with Crippen LogP contribution in [0.5, 0.6) is 0 Å². The molecule has 7 nitrogen and oxygen atoms in total. The zero-order valence-corrected chi connectivity index (χ0v) is 17.6. The van der Waals surface area contributed by atoms with Gasteiger partial charge in [0.05, 0.1) is 13.2 Å². The van der Waals surface area contributed by atoms with Gasteiger partial charge in [-0.2, -0.15) is 0 Å². The number of rotatable bonds is 6. The van der Waals surface area contributed by atoms with Crippen LogP contribution in [-0.2, 0) is 17.8 Å². The first-order valence-electron chi connectivity index (χ1n) is 10.1. The van der Waals surface area contributed by atoms with Crippen LogP contribution in [0.25, 0.3) is 0 Å². The summed E-state index contributed by atoms with van der Waals surface area (Å²) in [6, 6.07) is 2.58. The molecule has 2 N–H and O–H groups in total. The van der Waals surface area contributed by atoms with Crippen molar-refractivity contribution in [1.29, 1.82) is 0 Å². The molecule has 1 atom stereocenters. The first-order valence-corrected chi connectivity index (χ1v) is 10.4. The van der Waals surface area contributed by atoms with Gasteiger partial charge in [0, 0.05) is 36.3 Å². The summed E-state index contributed by atoms with van der Waals surface area (Å²) >= 11 is 6.05. The molecule has 1 aromatic rings. The SMILES string of the molecule is CCc1cc(CNC(=O)N(C2CC2)[C@@H]2CCCN(C(=O)NOC)C2)c(F)cc1Cl. The van der Waals surface area contributed by atoms with Gasteiger partial charge in [-0.05, 0) is 49.8 Å². The number of hydrogen-bond acceptors (Lipinski definition) is 3. The third-order valence-electron chi connectivity index (χ3n) is 5.47. The molecule has 1 aliphatic heterocycles. The topological polar surface area (TPSA) is 73.9 Å². The average Bonchev–Trinajstić information content (AvgIpc) is 3.53. The molecule has 0 aromatic heterocycles. The number of nitrogens with one attached hydrogen (secondary N) is 2. The lowest BCUT2D eigenvalue weighted by atomic mass is 10.0. The van der Waals surface area contributed by atoms with Crippen molar-refractivity contribution in [2.45, 2.75) is 57.7 Å². The van der Waals surface area contributed by atoms with Gasteiger partial charge in [-0.1, -0.05) is 18.5 Å². The van der Waals surface area contributed by atoms with Crippen LogP contribution < -0.4 is 10.8 Å². The maximum absolute atomic E-state index is 14.2. The molecular formula is C20H28ClFN4O3. The molecule has 160 valence electrons. The van der Waals surface area contributed by atoms with E-state index < -0.39 is 5.82 Å². The van der Waals surface area contributed by atoms with E-state index in [4.69, 9.17) is 16.4 Å². The van der Waals surface area contributed by atoms with Gasteiger partial charge < -0.3 is 15.1 Å². The number of benzene rings is 1. The van der Waals surface area contributed by atoms with Gasteiger partial charge in [-0.3, -0.25) is 4.84 Å². The molecule has 3 rings (SSSR count). The third-order valence-corrected chi connectivity index (χ3v) is 5.82. The number of amides is 4. The lowest BCUT2D eigenvalue weighted by Crippen LogP contribution is -2.56. The van der Waals surface area contributed by atoms with E-state index in [2.05, 4.69) is 10.8 Å². The van der Waals surface area contributed by atoms with E-state index in [9.17, 15) is 14.0 Å². The van der Waals surface area contributed by atoms with Crippen molar-refractivity contribution in [3.05, 3.63) is 34.1 Å². The predicted molar refractivity (Wildman–Crippen MR) is 108 cm³/mol. The van der Waals surface area contributed by atoms with Crippen LogP contribution >= 0.6 is 11.6 Å². The Labute approximate surface area is 175 Å². The minimum absolute atomic E-state index is 0.0693. The molecule has 0 spiro atoms. The lowest BCUT2D eigenvalue weighted by molar-refractivity contribution is 0.0685. The van der Waals surface area contributed by atoms with Crippen molar-refractivity contribution < 1.29 is 18.8 Å². The van der Waals surface area contributed by atoms with Crippen LogP contribution in [0.1, 0.15) is 43.7 Å². The maximum atomic E-state index is 14.2. The van der Waals surface area contributed by atoms with Crippen LogP contribution in [0.2, 0.25) is 5.02 Å². The van der Waals surface area contributed by atoms with Gasteiger partial charge in [-0.15, -0.1) is 0 Å². The number of carbonyl (C=O) groups is 2. The van der Waals surface area contributed by atoms with E-state index in [1.54, 1.807) is 11.0 Å². The Morgan fingerprint density at radius 1 is 1.28 bits per heavy atom. The number of piperidine rings is 1. The van der Waals surface area contributed by atoms with Gasteiger partial charge in [-0.25, -0.2) is 19.5 Å². The second-order valence-corrected chi connectivity index (χ2v) is 7.95. The second kappa shape index (κ2) is 9.63. The minimum Gasteiger partial charge on any atom is -0.334 e. The van der Waals surface area contributed by atoms with E-state index in [-0.39, 0.29) is 30.7 Å². The Morgan fingerprint density at radius 2 is 2.03 bits per heavy atom. The highest BCUT2D eigenvalue weighted by molar-refractivity contribution is 6.31. The quantitative estimate of drug-likeness (QED) is 0.684. The molecule has 9 heteroatoms. The van der Waals surface area contributed by atoms with E-state index in [0.29, 0.717) is 30.1 Å². The first-order chi connectivity index (χ1) is 13.9. The fourth-order valence-corrected chi connectivity index (χ4v) is 4.10.